The van der Waals surface area contributed by atoms with E-state index < -0.39 is 0 Å². The molecule has 0 bridgehead atoms. The number of nitrogens with one attached hydrogen (secondary N) is 1. The van der Waals surface area contributed by atoms with Crippen LogP contribution in [0.25, 0.3) is 0 Å². The molecule has 0 saturated heterocycles. The smallest absolute Gasteiger partial charge is 0.164 e. The molecule has 76 valence electrons. The van der Waals surface area contributed by atoms with Gasteiger partial charge in [-0.2, -0.15) is 0 Å². The number of benzene rings is 1. The van der Waals surface area contributed by atoms with Gasteiger partial charge in [0.25, 0.3) is 0 Å². The van der Waals surface area contributed by atoms with Crippen molar-refractivity contribution >= 4 is 17.3 Å². The van der Waals surface area contributed by atoms with E-state index in [1.54, 1.807) is 18.2 Å². The Morgan fingerprint density at radius 2 is 2.00 bits per heavy atom. The van der Waals surface area contributed by atoms with Crippen LogP contribution in [0, 0.1) is 5.82 Å². The van der Waals surface area contributed by atoms with Gasteiger partial charge in [0.1, 0.15) is 0 Å². The normalized spacial score (nSPS) is 17.3. The molecule has 0 amide bonds. The maximum absolute atomic E-state index is 13.5. The molecule has 14 heavy (non-hydrogen) atoms. The molecule has 1 fully saturated rings. The van der Waals surface area contributed by atoms with Crippen LogP contribution in [0.5, 0.6) is 0 Å². The molecule has 0 radical (unpaired) electrons. The van der Waals surface area contributed by atoms with Gasteiger partial charge < -0.3 is 5.32 Å². The zero-order valence-corrected chi connectivity index (χ0v) is 8.65. The van der Waals surface area contributed by atoms with Crippen LogP contribution in [0.15, 0.2) is 18.2 Å². The highest BCUT2D eigenvalue weighted by Crippen LogP contribution is 2.26. The molecule has 1 aromatic carbocycles. The monoisotopic (exact) mass is 213 g/mol. The average Bonchev–Trinajstić information content (AvgIpc) is 2.66. The maximum atomic E-state index is 13.5. The molecule has 3 heteroatoms. The van der Waals surface area contributed by atoms with E-state index in [-0.39, 0.29) is 10.8 Å². The van der Waals surface area contributed by atoms with Crippen LogP contribution in [0.4, 0.5) is 10.1 Å². The molecule has 1 saturated carbocycles. The molecule has 2 rings (SSSR count). The van der Waals surface area contributed by atoms with Crippen molar-refractivity contribution < 1.29 is 4.39 Å². The number of anilines is 1. The second-order valence-corrected chi connectivity index (χ2v) is 4.13. The van der Waals surface area contributed by atoms with Crippen LogP contribution in [-0.2, 0) is 0 Å². The highest BCUT2D eigenvalue weighted by Gasteiger charge is 2.16. The standard InChI is InChI=1S/C11H13ClFN/c12-9-6-3-7-10(11(9)13)14-8-4-1-2-5-8/h3,6-8,14H,1-2,4-5H2. The summed E-state index contributed by atoms with van der Waals surface area (Å²) in [5.74, 6) is -0.332. The molecule has 0 atom stereocenters. The van der Waals surface area contributed by atoms with Crippen molar-refractivity contribution in [1.29, 1.82) is 0 Å². The van der Waals surface area contributed by atoms with Gasteiger partial charge in [0.2, 0.25) is 0 Å². The van der Waals surface area contributed by atoms with Gasteiger partial charge in [-0.15, -0.1) is 0 Å². The molecule has 0 aliphatic heterocycles. The minimum Gasteiger partial charge on any atom is -0.380 e. The van der Waals surface area contributed by atoms with Gasteiger partial charge in [-0.1, -0.05) is 30.5 Å². The largest absolute Gasteiger partial charge is 0.380 e. The summed E-state index contributed by atoms with van der Waals surface area (Å²) in [5.41, 5.74) is 0.532. The van der Waals surface area contributed by atoms with Gasteiger partial charge in [0.15, 0.2) is 5.82 Å². The summed E-state index contributed by atoms with van der Waals surface area (Å²) in [6.45, 7) is 0. The van der Waals surface area contributed by atoms with Gasteiger partial charge in [0.05, 0.1) is 10.7 Å². The van der Waals surface area contributed by atoms with E-state index in [4.69, 9.17) is 11.6 Å². The Morgan fingerprint density at radius 1 is 1.29 bits per heavy atom. The van der Waals surface area contributed by atoms with Crippen molar-refractivity contribution in [3.8, 4) is 0 Å². The predicted molar refractivity (Wildman–Crippen MR) is 57.3 cm³/mol. The van der Waals surface area contributed by atoms with Crippen LogP contribution in [0.2, 0.25) is 5.02 Å². The lowest BCUT2D eigenvalue weighted by Crippen LogP contribution is -2.15. The summed E-state index contributed by atoms with van der Waals surface area (Å²) in [7, 11) is 0. The Balaban J connectivity index is 2.11. The number of hydrogen-bond donors (Lipinski definition) is 1. The van der Waals surface area contributed by atoms with Crippen LogP contribution in [0.3, 0.4) is 0 Å². The molecule has 1 N–H and O–H groups in total. The molecule has 0 unspecified atom stereocenters. The van der Waals surface area contributed by atoms with Crippen molar-refractivity contribution in [2.75, 3.05) is 5.32 Å². The zero-order valence-electron chi connectivity index (χ0n) is 7.89. The van der Waals surface area contributed by atoms with Gasteiger partial charge >= 0.3 is 0 Å². The number of halogens is 2. The first-order valence-electron chi connectivity index (χ1n) is 4.98. The Kier molecular flexibility index (Phi) is 2.92. The van der Waals surface area contributed by atoms with Crippen molar-refractivity contribution in [3.05, 3.63) is 29.0 Å². The third kappa shape index (κ3) is 2.01. The lowest BCUT2D eigenvalue weighted by atomic mass is 10.2. The second-order valence-electron chi connectivity index (χ2n) is 3.73. The summed E-state index contributed by atoms with van der Waals surface area (Å²) in [5, 5.41) is 3.38. The van der Waals surface area contributed by atoms with E-state index in [2.05, 4.69) is 5.32 Å². The lowest BCUT2D eigenvalue weighted by molar-refractivity contribution is 0.624. The molecule has 0 spiro atoms. The van der Waals surface area contributed by atoms with Crippen molar-refractivity contribution in [2.24, 2.45) is 0 Å². The number of rotatable bonds is 2. The predicted octanol–water partition coefficient (Wildman–Crippen LogP) is 3.83. The highest BCUT2D eigenvalue weighted by molar-refractivity contribution is 6.31. The molecule has 0 heterocycles. The Labute approximate surface area is 88.3 Å². The van der Waals surface area contributed by atoms with E-state index >= 15 is 0 Å². The summed E-state index contributed by atoms with van der Waals surface area (Å²) >= 11 is 5.68. The first-order chi connectivity index (χ1) is 6.77. The number of hydrogen-bond acceptors (Lipinski definition) is 1. The fourth-order valence-electron chi connectivity index (χ4n) is 1.91. The molecule has 1 nitrogen and oxygen atoms in total. The minimum absolute atomic E-state index is 0.188. The maximum Gasteiger partial charge on any atom is 0.164 e. The van der Waals surface area contributed by atoms with Gasteiger partial charge in [-0.05, 0) is 25.0 Å². The molecule has 0 aromatic heterocycles. The molecule has 1 aliphatic rings. The van der Waals surface area contributed by atoms with E-state index in [1.165, 1.54) is 12.8 Å². The summed E-state index contributed by atoms with van der Waals surface area (Å²) in [4.78, 5) is 0. The van der Waals surface area contributed by atoms with Crippen LogP contribution in [-0.4, -0.2) is 6.04 Å². The highest BCUT2D eigenvalue weighted by atomic mass is 35.5. The molecular weight excluding hydrogens is 201 g/mol. The summed E-state index contributed by atoms with van der Waals surface area (Å²) < 4.78 is 13.5. The van der Waals surface area contributed by atoms with Gasteiger partial charge in [-0.3, -0.25) is 0 Å². The summed E-state index contributed by atoms with van der Waals surface area (Å²) in [6.07, 6.45) is 4.73. The quantitative estimate of drug-likeness (QED) is 0.787. The SMILES string of the molecule is Fc1c(Cl)cccc1NC1CCCC1. The van der Waals surface area contributed by atoms with E-state index in [0.29, 0.717) is 11.7 Å². The average molecular weight is 214 g/mol. The van der Waals surface area contributed by atoms with Crippen LogP contribution >= 0.6 is 11.6 Å². The molecule has 1 aliphatic carbocycles. The zero-order chi connectivity index (χ0) is 9.97. The molecular formula is C11H13ClFN. The van der Waals surface area contributed by atoms with Crippen molar-refractivity contribution in [3.63, 3.8) is 0 Å². The van der Waals surface area contributed by atoms with E-state index in [9.17, 15) is 4.39 Å². The third-order valence-corrected chi connectivity index (χ3v) is 2.96. The topological polar surface area (TPSA) is 12.0 Å². The second kappa shape index (κ2) is 4.18. The third-order valence-electron chi connectivity index (χ3n) is 2.67. The van der Waals surface area contributed by atoms with E-state index in [1.807, 2.05) is 0 Å². The Morgan fingerprint density at radius 3 is 2.71 bits per heavy atom. The summed E-state index contributed by atoms with van der Waals surface area (Å²) in [6, 6.07) is 5.49. The first kappa shape index (κ1) is 9.78. The van der Waals surface area contributed by atoms with E-state index in [0.717, 1.165) is 12.8 Å². The lowest BCUT2D eigenvalue weighted by Gasteiger charge is -2.14. The van der Waals surface area contributed by atoms with Crippen molar-refractivity contribution in [2.45, 2.75) is 31.7 Å². The fourth-order valence-corrected chi connectivity index (χ4v) is 2.08. The van der Waals surface area contributed by atoms with Gasteiger partial charge in [0, 0.05) is 6.04 Å². The Bertz CT molecular complexity index is 321. The molecule has 1 aromatic rings. The van der Waals surface area contributed by atoms with Gasteiger partial charge in [-0.25, -0.2) is 4.39 Å². The van der Waals surface area contributed by atoms with Crippen LogP contribution < -0.4 is 5.32 Å². The van der Waals surface area contributed by atoms with Crippen LogP contribution in [0.1, 0.15) is 25.7 Å². The minimum atomic E-state index is -0.332. The van der Waals surface area contributed by atoms with Crippen molar-refractivity contribution in [1.82, 2.24) is 0 Å². The first-order valence-corrected chi connectivity index (χ1v) is 5.36. The fraction of sp³-hybridized carbons (Fsp3) is 0.455. The Hall–Kier alpha value is -0.760.